The maximum Gasteiger partial charge on any atom is 0.274 e. The maximum absolute atomic E-state index is 12.2. The minimum Gasteiger partial charge on any atom is -0.368 e. The number of carbonyl (C=O) groups is 1. The van der Waals surface area contributed by atoms with Crippen molar-refractivity contribution in [1.82, 2.24) is 9.97 Å². The molecule has 0 atom stereocenters. The minimum atomic E-state index is -0.381. The van der Waals surface area contributed by atoms with Gasteiger partial charge < -0.3 is 10.6 Å². The van der Waals surface area contributed by atoms with Crippen LogP contribution in [0, 0.1) is 0 Å². The molecular formula is C14H14Cl2N4O. The number of benzene rings is 1. The van der Waals surface area contributed by atoms with Crippen molar-refractivity contribution in [2.45, 2.75) is 19.9 Å². The second kappa shape index (κ2) is 6.74. The van der Waals surface area contributed by atoms with Gasteiger partial charge in [0.15, 0.2) is 0 Å². The van der Waals surface area contributed by atoms with Gasteiger partial charge in [-0.2, -0.15) is 0 Å². The molecule has 110 valence electrons. The summed E-state index contributed by atoms with van der Waals surface area (Å²) in [6.45, 7) is 3.96. The maximum atomic E-state index is 12.2. The molecule has 0 bridgehead atoms. The van der Waals surface area contributed by atoms with Gasteiger partial charge in [0.2, 0.25) is 0 Å². The van der Waals surface area contributed by atoms with Crippen molar-refractivity contribution in [3.63, 3.8) is 0 Å². The van der Waals surface area contributed by atoms with Crippen LogP contribution in [0.15, 0.2) is 30.6 Å². The summed E-state index contributed by atoms with van der Waals surface area (Å²) in [6, 6.07) is 6.80. The Morgan fingerprint density at radius 3 is 2.71 bits per heavy atom. The van der Waals surface area contributed by atoms with Gasteiger partial charge in [-0.25, -0.2) is 9.97 Å². The lowest BCUT2D eigenvalue weighted by molar-refractivity contribution is 0.102. The topological polar surface area (TPSA) is 66.9 Å². The Morgan fingerprint density at radius 1 is 1.24 bits per heavy atom. The van der Waals surface area contributed by atoms with Crippen molar-refractivity contribution in [2.75, 3.05) is 10.6 Å². The molecule has 1 aromatic heterocycles. The molecule has 0 saturated carbocycles. The van der Waals surface area contributed by atoms with Gasteiger partial charge in [0, 0.05) is 12.1 Å². The predicted octanol–water partition coefficient (Wildman–Crippen LogP) is 3.86. The number of halogens is 2. The van der Waals surface area contributed by atoms with E-state index in [1.807, 2.05) is 13.8 Å². The first-order chi connectivity index (χ1) is 9.97. The second-order valence-corrected chi connectivity index (χ2v) is 5.43. The number of rotatable bonds is 4. The summed E-state index contributed by atoms with van der Waals surface area (Å²) in [5.74, 6) is 0.204. The Morgan fingerprint density at radius 2 is 2.00 bits per heavy atom. The molecule has 0 fully saturated rings. The third-order valence-electron chi connectivity index (χ3n) is 2.54. The van der Waals surface area contributed by atoms with Gasteiger partial charge in [-0.05, 0) is 26.0 Å². The lowest BCUT2D eigenvalue weighted by Gasteiger charge is -2.10. The Hall–Kier alpha value is -1.85. The van der Waals surface area contributed by atoms with E-state index in [1.165, 1.54) is 6.33 Å². The van der Waals surface area contributed by atoms with Gasteiger partial charge in [0.1, 0.15) is 17.8 Å². The van der Waals surface area contributed by atoms with Crippen molar-refractivity contribution < 1.29 is 4.79 Å². The highest BCUT2D eigenvalue weighted by Gasteiger charge is 2.12. The quantitative estimate of drug-likeness (QED) is 0.896. The van der Waals surface area contributed by atoms with E-state index in [4.69, 9.17) is 23.2 Å². The van der Waals surface area contributed by atoms with Crippen molar-refractivity contribution in [3.05, 3.63) is 46.3 Å². The molecule has 2 N–H and O–H groups in total. The van der Waals surface area contributed by atoms with Crippen LogP contribution in [-0.4, -0.2) is 21.9 Å². The number of nitrogens with zero attached hydrogens (tertiary/aromatic N) is 2. The Bertz CT molecular complexity index is 661. The first kappa shape index (κ1) is 15.5. The molecule has 1 amide bonds. The molecule has 7 heteroatoms. The molecule has 0 radical (unpaired) electrons. The third kappa shape index (κ3) is 4.06. The zero-order valence-electron chi connectivity index (χ0n) is 11.5. The van der Waals surface area contributed by atoms with E-state index in [1.54, 1.807) is 24.3 Å². The summed E-state index contributed by atoms with van der Waals surface area (Å²) < 4.78 is 0. The Kier molecular flexibility index (Phi) is 4.98. The lowest BCUT2D eigenvalue weighted by atomic mass is 10.3. The van der Waals surface area contributed by atoms with Crippen LogP contribution in [-0.2, 0) is 0 Å². The van der Waals surface area contributed by atoms with Crippen LogP contribution >= 0.6 is 23.2 Å². The molecular weight excluding hydrogens is 311 g/mol. The smallest absolute Gasteiger partial charge is 0.274 e. The minimum absolute atomic E-state index is 0.207. The van der Waals surface area contributed by atoms with Crippen LogP contribution < -0.4 is 10.6 Å². The van der Waals surface area contributed by atoms with E-state index in [-0.39, 0.29) is 17.6 Å². The van der Waals surface area contributed by atoms with Crippen LogP contribution in [0.25, 0.3) is 0 Å². The molecule has 0 aliphatic carbocycles. The van der Waals surface area contributed by atoms with E-state index < -0.39 is 0 Å². The highest BCUT2D eigenvalue weighted by molar-refractivity contribution is 6.44. The van der Waals surface area contributed by atoms with Crippen LogP contribution in [0.2, 0.25) is 10.0 Å². The summed E-state index contributed by atoms with van der Waals surface area (Å²) in [5, 5.41) is 6.45. The van der Waals surface area contributed by atoms with E-state index in [0.29, 0.717) is 21.6 Å². The average Bonchev–Trinajstić information content (AvgIpc) is 2.43. The van der Waals surface area contributed by atoms with Gasteiger partial charge in [-0.3, -0.25) is 4.79 Å². The zero-order chi connectivity index (χ0) is 15.4. The molecule has 5 nitrogen and oxygen atoms in total. The Labute approximate surface area is 132 Å². The fourth-order valence-electron chi connectivity index (χ4n) is 1.64. The zero-order valence-corrected chi connectivity index (χ0v) is 13.0. The van der Waals surface area contributed by atoms with Crippen molar-refractivity contribution in [1.29, 1.82) is 0 Å². The number of nitrogens with one attached hydrogen (secondary N) is 2. The molecule has 0 saturated heterocycles. The summed E-state index contributed by atoms with van der Waals surface area (Å²) >= 11 is 11.9. The summed E-state index contributed by atoms with van der Waals surface area (Å²) in [5.41, 5.74) is 0.676. The SMILES string of the molecule is CC(C)Nc1cc(C(=O)Nc2cccc(Cl)c2Cl)ncn1. The van der Waals surface area contributed by atoms with Crippen molar-refractivity contribution in [3.8, 4) is 0 Å². The molecule has 2 rings (SSSR count). The summed E-state index contributed by atoms with van der Waals surface area (Å²) in [6.07, 6.45) is 1.33. The normalized spacial score (nSPS) is 10.5. The van der Waals surface area contributed by atoms with Crippen LogP contribution in [0.4, 0.5) is 11.5 Å². The standard InChI is InChI=1S/C14H14Cl2N4O/c1-8(2)19-12-6-11(17-7-18-12)14(21)20-10-5-3-4-9(15)13(10)16/h3-8H,1-2H3,(H,20,21)(H,17,18,19). The second-order valence-electron chi connectivity index (χ2n) is 4.64. The van der Waals surface area contributed by atoms with Crippen molar-refractivity contribution in [2.24, 2.45) is 0 Å². The number of carbonyl (C=O) groups excluding carboxylic acids is 1. The highest BCUT2D eigenvalue weighted by Crippen LogP contribution is 2.29. The molecule has 0 aliphatic rings. The number of aromatic nitrogens is 2. The fourth-order valence-corrected chi connectivity index (χ4v) is 1.99. The largest absolute Gasteiger partial charge is 0.368 e. The van der Waals surface area contributed by atoms with Gasteiger partial charge in [0.05, 0.1) is 15.7 Å². The van der Waals surface area contributed by atoms with Gasteiger partial charge in [-0.1, -0.05) is 29.3 Å². The number of anilines is 2. The van der Waals surface area contributed by atoms with Gasteiger partial charge in [-0.15, -0.1) is 0 Å². The van der Waals surface area contributed by atoms with Crippen molar-refractivity contribution >= 4 is 40.6 Å². The van der Waals surface area contributed by atoms with Gasteiger partial charge >= 0.3 is 0 Å². The van der Waals surface area contributed by atoms with Crippen LogP contribution in [0.3, 0.4) is 0 Å². The first-order valence-electron chi connectivity index (χ1n) is 6.31. The van der Waals surface area contributed by atoms with Crippen LogP contribution in [0.5, 0.6) is 0 Å². The average molecular weight is 325 g/mol. The number of hydrogen-bond acceptors (Lipinski definition) is 4. The monoisotopic (exact) mass is 324 g/mol. The molecule has 1 aromatic carbocycles. The van der Waals surface area contributed by atoms with E-state index in [2.05, 4.69) is 20.6 Å². The molecule has 21 heavy (non-hydrogen) atoms. The molecule has 0 spiro atoms. The number of hydrogen-bond donors (Lipinski definition) is 2. The Balaban J connectivity index is 2.18. The van der Waals surface area contributed by atoms with E-state index in [0.717, 1.165) is 0 Å². The van der Waals surface area contributed by atoms with E-state index >= 15 is 0 Å². The lowest BCUT2D eigenvalue weighted by Crippen LogP contribution is -2.16. The summed E-state index contributed by atoms with van der Waals surface area (Å²) in [4.78, 5) is 20.2. The fraction of sp³-hybridized carbons (Fsp3) is 0.214. The van der Waals surface area contributed by atoms with Gasteiger partial charge in [0.25, 0.3) is 5.91 Å². The molecule has 0 aliphatic heterocycles. The predicted molar refractivity (Wildman–Crippen MR) is 85.2 cm³/mol. The molecule has 1 heterocycles. The summed E-state index contributed by atoms with van der Waals surface area (Å²) in [7, 11) is 0. The third-order valence-corrected chi connectivity index (χ3v) is 3.35. The number of amides is 1. The molecule has 2 aromatic rings. The van der Waals surface area contributed by atoms with Crippen LogP contribution in [0.1, 0.15) is 24.3 Å². The molecule has 0 unspecified atom stereocenters. The highest BCUT2D eigenvalue weighted by atomic mass is 35.5. The van der Waals surface area contributed by atoms with E-state index in [9.17, 15) is 4.79 Å². The first-order valence-corrected chi connectivity index (χ1v) is 7.07.